The Hall–Kier alpha value is -3.80. The smallest absolute Gasteiger partial charge is 0.270 e. The van der Waals surface area contributed by atoms with Crippen molar-refractivity contribution in [2.24, 2.45) is 0 Å². The Morgan fingerprint density at radius 3 is 2.66 bits per heavy atom. The number of anilines is 2. The number of rotatable bonds is 6. The molecule has 4 aromatic rings. The molecule has 0 unspecified atom stereocenters. The van der Waals surface area contributed by atoms with Crippen LogP contribution in [-0.4, -0.2) is 27.4 Å². The number of hydrogen-bond acceptors (Lipinski definition) is 5. The van der Waals surface area contributed by atoms with Gasteiger partial charge >= 0.3 is 0 Å². The van der Waals surface area contributed by atoms with Gasteiger partial charge in [0, 0.05) is 23.8 Å². The third-order valence-corrected chi connectivity index (χ3v) is 4.51. The number of nitrogens with one attached hydrogen (secondary N) is 2. The van der Waals surface area contributed by atoms with Crippen molar-refractivity contribution in [3.8, 4) is 0 Å². The molecule has 29 heavy (non-hydrogen) atoms. The zero-order valence-electron chi connectivity index (χ0n) is 16.1. The van der Waals surface area contributed by atoms with Crippen LogP contribution in [0.5, 0.6) is 0 Å². The molecule has 2 heterocycles. The number of carbonyl (C=O) groups is 1. The fraction of sp³-hybridized carbons (Fsp3) is 0.130. The van der Waals surface area contributed by atoms with Crippen LogP contribution in [0.1, 0.15) is 21.7 Å². The van der Waals surface area contributed by atoms with Gasteiger partial charge in [0.25, 0.3) is 5.91 Å². The van der Waals surface area contributed by atoms with E-state index in [2.05, 4.69) is 25.6 Å². The maximum absolute atomic E-state index is 12.6. The van der Waals surface area contributed by atoms with E-state index in [-0.39, 0.29) is 5.91 Å². The number of aromatic nitrogens is 3. The van der Waals surface area contributed by atoms with Crippen LogP contribution >= 0.6 is 0 Å². The molecular formula is C23H21N5O. The number of fused-ring (bicyclic) bond motifs is 1. The molecule has 1 amide bonds. The number of benzene rings is 2. The molecule has 6 nitrogen and oxygen atoms in total. The summed E-state index contributed by atoms with van der Waals surface area (Å²) in [5, 5.41) is 7.14. The fourth-order valence-electron chi connectivity index (χ4n) is 3.12. The molecule has 144 valence electrons. The van der Waals surface area contributed by atoms with E-state index in [1.807, 2.05) is 67.6 Å². The Labute approximate surface area is 169 Å². The molecule has 0 atom stereocenters. The first-order valence-electron chi connectivity index (χ1n) is 9.47. The van der Waals surface area contributed by atoms with E-state index < -0.39 is 0 Å². The highest BCUT2D eigenvalue weighted by atomic mass is 16.1. The lowest BCUT2D eigenvalue weighted by Crippen LogP contribution is -2.27. The second-order valence-electron chi connectivity index (χ2n) is 6.72. The lowest BCUT2D eigenvalue weighted by molar-refractivity contribution is 0.0949. The number of hydrogen-bond donors (Lipinski definition) is 2. The van der Waals surface area contributed by atoms with Gasteiger partial charge in [-0.05, 0) is 37.1 Å². The van der Waals surface area contributed by atoms with Gasteiger partial charge in [-0.3, -0.25) is 9.78 Å². The SMILES string of the molecule is Cc1cc(C(=O)NCCc2ccccc2)nc(Nc2cccc3cccnc23)n1. The highest BCUT2D eigenvalue weighted by Crippen LogP contribution is 2.23. The van der Waals surface area contributed by atoms with Crippen molar-refractivity contribution >= 4 is 28.4 Å². The minimum atomic E-state index is -0.217. The average molecular weight is 383 g/mol. The van der Waals surface area contributed by atoms with Crippen molar-refractivity contribution in [1.82, 2.24) is 20.3 Å². The molecule has 0 spiro atoms. The molecule has 0 radical (unpaired) electrons. The summed E-state index contributed by atoms with van der Waals surface area (Å²) in [5.74, 6) is 0.155. The van der Waals surface area contributed by atoms with E-state index in [9.17, 15) is 4.79 Å². The molecular weight excluding hydrogens is 362 g/mol. The summed E-state index contributed by atoms with van der Waals surface area (Å²) in [4.78, 5) is 25.8. The molecule has 2 N–H and O–H groups in total. The summed E-state index contributed by atoms with van der Waals surface area (Å²) in [6.07, 6.45) is 2.51. The van der Waals surface area contributed by atoms with Crippen molar-refractivity contribution < 1.29 is 4.79 Å². The predicted octanol–water partition coefficient (Wildman–Crippen LogP) is 4.05. The van der Waals surface area contributed by atoms with Gasteiger partial charge in [0.15, 0.2) is 0 Å². The van der Waals surface area contributed by atoms with Crippen LogP contribution < -0.4 is 10.6 Å². The van der Waals surface area contributed by atoms with Crippen LogP contribution in [0.4, 0.5) is 11.6 Å². The molecule has 0 bridgehead atoms. The Morgan fingerprint density at radius 1 is 0.966 bits per heavy atom. The molecule has 0 aliphatic carbocycles. The van der Waals surface area contributed by atoms with Gasteiger partial charge in [0.1, 0.15) is 5.69 Å². The molecule has 0 saturated heterocycles. The van der Waals surface area contributed by atoms with Crippen molar-refractivity contribution in [3.05, 3.63) is 89.9 Å². The predicted molar refractivity (Wildman–Crippen MR) is 114 cm³/mol. The van der Waals surface area contributed by atoms with Crippen LogP contribution in [0.3, 0.4) is 0 Å². The standard InChI is InChI=1S/C23H21N5O/c1-16-15-20(22(29)25-14-12-17-7-3-2-4-8-17)28-23(26-16)27-19-11-5-9-18-10-6-13-24-21(18)19/h2-11,13,15H,12,14H2,1H3,(H,25,29)(H,26,27,28). The van der Waals surface area contributed by atoms with Gasteiger partial charge in [0.2, 0.25) is 5.95 Å². The number of para-hydroxylation sites is 1. The first-order chi connectivity index (χ1) is 14.2. The minimum Gasteiger partial charge on any atom is -0.350 e. The van der Waals surface area contributed by atoms with E-state index in [1.54, 1.807) is 12.3 Å². The van der Waals surface area contributed by atoms with E-state index in [4.69, 9.17) is 0 Å². The molecule has 0 aliphatic rings. The van der Waals surface area contributed by atoms with Gasteiger partial charge in [-0.1, -0.05) is 48.5 Å². The highest BCUT2D eigenvalue weighted by molar-refractivity contribution is 5.93. The highest BCUT2D eigenvalue weighted by Gasteiger charge is 2.11. The Kier molecular flexibility index (Phi) is 5.42. The average Bonchev–Trinajstić information content (AvgIpc) is 2.74. The van der Waals surface area contributed by atoms with Gasteiger partial charge < -0.3 is 10.6 Å². The normalized spacial score (nSPS) is 10.7. The lowest BCUT2D eigenvalue weighted by atomic mass is 10.1. The monoisotopic (exact) mass is 383 g/mol. The quantitative estimate of drug-likeness (QED) is 0.525. The van der Waals surface area contributed by atoms with Crippen molar-refractivity contribution in [3.63, 3.8) is 0 Å². The third-order valence-electron chi connectivity index (χ3n) is 4.51. The number of pyridine rings is 1. The second-order valence-corrected chi connectivity index (χ2v) is 6.72. The molecule has 2 aromatic carbocycles. The van der Waals surface area contributed by atoms with Gasteiger partial charge in [-0.2, -0.15) is 0 Å². The van der Waals surface area contributed by atoms with E-state index in [1.165, 1.54) is 5.56 Å². The molecule has 0 aliphatic heterocycles. The maximum Gasteiger partial charge on any atom is 0.270 e. The first kappa shape index (κ1) is 18.6. The number of aryl methyl sites for hydroxylation is 1. The van der Waals surface area contributed by atoms with Gasteiger partial charge in [-0.25, -0.2) is 9.97 Å². The summed E-state index contributed by atoms with van der Waals surface area (Å²) in [6.45, 7) is 2.39. The van der Waals surface area contributed by atoms with E-state index >= 15 is 0 Å². The van der Waals surface area contributed by atoms with E-state index in [0.717, 1.165) is 23.0 Å². The van der Waals surface area contributed by atoms with Gasteiger partial charge in [-0.15, -0.1) is 0 Å². The summed E-state index contributed by atoms with van der Waals surface area (Å²) < 4.78 is 0. The van der Waals surface area contributed by atoms with Crippen molar-refractivity contribution in [2.75, 3.05) is 11.9 Å². The minimum absolute atomic E-state index is 0.217. The van der Waals surface area contributed by atoms with Gasteiger partial charge in [0.05, 0.1) is 11.2 Å². The first-order valence-corrected chi connectivity index (χ1v) is 9.47. The van der Waals surface area contributed by atoms with Crippen LogP contribution in [0, 0.1) is 6.92 Å². The van der Waals surface area contributed by atoms with Crippen LogP contribution in [-0.2, 0) is 6.42 Å². The van der Waals surface area contributed by atoms with Crippen LogP contribution in [0.15, 0.2) is 72.9 Å². The summed E-state index contributed by atoms with van der Waals surface area (Å²) in [7, 11) is 0. The van der Waals surface area contributed by atoms with Crippen molar-refractivity contribution in [2.45, 2.75) is 13.3 Å². The molecule has 6 heteroatoms. The zero-order valence-corrected chi connectivity index (χ0v) is 16.1. The zero-order chi connectivity index (χ0) is 20.1. The largest absolute Gasteiger partial charge is 0.350 e. The van der Waals surface area contributed by atoms with Crippen molar-refractivity contribution in [1.29, 1.82) is 0 Å². The van der Waals surface area contributed by atoms with E-state index in [0.29, 0.717) is 23.9 Å². The summed E-state index contributed by atoms with van der Waals surface area (Å²) >= 11 is 0. The van der Waals surface area contributed by atoms with Crippen LogP contribution in [0.25, 0.3) is 10.9 Å². The second kappa shape index (κ2) is 8.48. The molecule has 2 aromatic heterocycles. The lowest BCUT2D eigenvalue weighted by Gasteiger charge is -2.10. The fourth-order valence-corrected chi connectivity index (χ4v) is 3.12. The number of nitrogens with zero attached hydrogens (tertiary/aromatic N) is 3. The number of carbonyl (C=O) groups excluding carboxylic acids is 1. The van der Waals surface area contributed by atoms with Crippen LogP contribution in [0.2, 0.25) is 0 Å². The summed E-state index contributed by atoms with van der Waals surface area (Å²) in [6, 6.07) is 21.5. The maximum atomic E-state index is 12.6. The Bertz CT molecular complexity index is 1140. The third kappa shape index (κ3) is 4.55. The Balaban J connectivity index is 1.49. The number of amides is 1. The molecule has 0 fully saturated rings. The Morgan fingerprint density at radius 2 is 1.79 bits per heavy atom. The molecule has 4 rings (SSSR count). The molecule has 0 saturated carbocycles. The summed E-state index contributed by atoms with van der Waals surface area (Å²) in [5.41, 5.74) is 3.85. The topological polar surface area (TPSA) is 79.8 Å².